The molecule has 0 saturated carbocycles. The minimum atomic E-state index is -0.478. The molecule has 0 spiro atoms. The van der Waals surface area contributed by atoms with Gasteiger partial charge in [-0.1, -0.05) is 48.5 Å². The summed E-state index contributed by atoms with van der Waals surface area (Å²) in [6.45, 7) is 5.52. The summed E-state index contributed by atoms with van der Waals surface area (Å²) in [5.74, 6) is 1.13. The first-order chi connectivity index (χ1) is 15.9. The first kappa shape index (κ1) is 22.1. The van der Waals surface area contributed by atoms with E-state index in [1.807, 2.05) is 69.3 Å². The van der Waals surface area contributed by atoms with Crippen LogP contribution < -0.4 is 20.5 Å². The van der Waals surface area contributed by atoms with E-state index in [9.17, 15) is 9.59 Å². The van der Waals surface area contributed by atoms with Crippen molar-refractivity contribution >= 4 is 16.8 Å². The lowest BCUT2D eigenvalue weighted by atomic mass is 10.1. The molecule has 0 aliphatic carbocycles. The Balaban J connectivity index is 1.60. The normalized spacial score (nSPS) is 10.8. The van der Waals surface area contributed by atoms with Crippen LogP contribution in [0.4, 0.5) is 0 Å². The van der Waals surface area contributed by atoms with Gasteiger partial charge in [-0.05, 0) is 55.7 Å². The zero-order valence-corrected chi connectivity index (χ0v) is 18.8. The van der Waals surface area contributed by atoms with Crippen molar-refractivity contribution in [2.45, 2.75) is 27.4 Å². The van der Waals surface area contributed by atoms with Crippen molar-refractivity contribution in [1.29, 1.82) is 0 Å². The molecule has 0 aliphatic heterocycles. The molecule has 3 aromatic carbocycles. The van der Waals surface area contributed by atoms with Crippen LogP contribution >= 0.6 is 0 Å². The van der Waals surface area contributed by atoms with Gasteiger partial charge in [0.2, 0.25) is 0 Å². The molecule has 33 heavy (non-hydrogen) atoms. The third-order valence-corrected chi connectivity index (χ3v) is 5.29. The summed E-state index contributed by atoms with van der Waals surface area (Å²) in [6.07, 6.45) is 0. The number of ether oxygens (including phenoxy) is 2. The Hall–Kier alpha value is -4.13. The number of nitrogens with zero attached hydrogens (tertiary/aromatic N) is 2. The van der Waals surface area contributed by atoms with Crippen LogP contribution in [0.2, 0.25) is 0 Å². The van der Waals surface area contributed by atoms with E-state index >= 15 is 0 Å². The van der Waals surface area contributed by atoms with Gasteiger partial charge in [-0.15, -0.1) is 0 Å². The van der Waals surface area contributed by atoms with Crippen LogP contribution in [-0.4, -0.2) is 22.2 Å². The van der Waals surface area contributed by atoms with Crippen LogP contribution in [0.5, 0.6) is 11.5 Å². The molecule has 1 heterocycles. The van der Waals surface area contributed by atoms with Crippen LogP contribution in [0.25, 0.3) is 10.9 Å². The number of nitrogens with one attached hydrogen (secondary N) is 1. The lowest BCUT2D eigenvalue weighted by Gasteiger charge is -2.16. The SMILES string of the molecule is Cc1ccccc1OCc1nc2ccccc2c(=O)n1NC(=O)COc1c(C)cccc1C. The Labute approximate surface area is 191 Å². The van der Waals surface area contributed by atoms with Crippen molar-refractivity contribution in [2.75, 3.05) is 12.0 Å². The largest absolute Gasteiger partial charge is 0.485 e. The quantitative estimate of drug-likeness (QED) is 0.466. The van der Waals surface area contributed by atoms with E-state index in [1.165, 1.54) is 0 Å². The maximum Gasteiger partial charge on any atom is 0.280 e. The van der Waals surface area contributed by atoms with Crippen LogP contribution in [0.1, 0.15) is 22.5 Å². The second-order valence-corrected chi connectivity index (χ2v) is 7.78. The van der Waals surface area contributed by atoms with Crippen molar-refractivity contribution in [3.05, 3.63) is 99.6 Å². The predicted molar refractivity (Wildman–Crippen MR) is 127 cm³/mol. The fraction of sp³-hybridized carbons (Fsp3) is 0.192. The third-order valence-electron chi connectivity index (χ3n) is 5.29. The molecule has 7 heteroatoms. The molecular weight excluding hydrogens is 418 g/mol. The third kappa shape index (κ3) is 4.87. The summed E-state index contributed by atoms with van der Waals surface area (Å²) >= 11 is 0. The molecule has 4 aromatic rings. The molecule has 1 aromatic heterocycles. The molecule has 0 aliphatic rings. The highest BCUT2D eigenvalue weighted by Gasteiger charge is 2.15. The van der Waals surface area contributed by atoms with Gasteiger partial charge in [0.25, 0.3) is 11.5 Å². The zero-order chi connectivity index (χ0) is 23.4. The fourth-order valence-electron chi connectivity index (χ4n) is 3.57. The lowest BCUT2D eigenvalue weighted by Crippen LogP contribution is -2.39. The molecule has 0 bridgehead atoms. The molecular formula is C26H25N3O4. The van der Waals surface area contributed by atoms with Gasteiger partial charge in [0.1, 0.15) is 18.1 Å². The number of rotatable bonds is 7. The van der Waals surface area contributed by atoms with E-state index in [-0.39, 0.29) is 24.6 Å². The van der Waals surface area contributed by atoms with Crippen LogP contribution in [0, 0.1) is 20.8 Å². The first-order valence-electron chi connectivity index (χ1n) is 10.6. The van der Waals surface area contributed by atoms with Gasteiger partial charge in [-0.2, -0.15) is 4.68 Å². The number of aryl methyl sites for hydroxylation is 3. The molecule has 1 amide bonds. The van der Waals surface area contributed by atoms with Crippen LogP contribution in [0.3, 0.4) is 0 Å². The topological polar surface area (TPSA) is 82.5 Å². The van der Waals surface area contributed by atoms with Crippen molar-refractivity contribution < 1.29 is 14.3 Å². The highest BCUT2D eigenvalue weighted by atomic mass is 16.5. The number of para-hydroxylation sites is 3. The van der Waals surface area contributed by atoms with Gasteiger partial charge in [0, 0.05) is 0 Å². The average Bonchev–Trinajstić information content (AvgIpc) is 2.80. The predicted octanol–water partition coefficient (Wildman–Crippen LogP) is 4.05. The first-order valence-corrected chi connectivity index (χ1v) is 10.6. The van der Waals surface area contributed by atoms with E-state index in [1.54, 1.807) is 18.2 Å². The highest BCUT2D eigenvalue weighted by Crippen LogP contribution is 2.22. The molecule has 7 nitrogen and oxygen atoms in total. The summed E-state index contributed by atoms with van der Waals surface area (Å²) in [7, 11) is 0. The Kier molecular flexibility index (Phi) is 6.40. The van der Waals surface area contributed by atoms with E-state index in [2.05, 4.69) is 10.4 Å². The van der Waals surface area contributed by atoms with Gasteiger partial charge in [0.05, 0.1) is 10.9 Å². The Morgan fingerprint density at radius 2 is 1.55 bits per heavy atom. The molecule has 0 atom stereocenters. The van der Waals surface area contributed by atoms with Crippen molar-refractivity contribution in [3.8, 4) is 11.5 Å². The standard InChI is InChI=1S/C26H25N3O4/c1-17-9-4-7-14-22(17)32-15-23-27-21-13-6-5-12-20(21)26(31)29(23)28-24(30)16-33-25-18(2)10-8-11-19(25)3/h4-14H,15-16H2,1-3H3,(H,28,30). The Bertz CT molecular complexity index is 1360. The van der Waals surface area contributed by atoms with Crippen LogP contribution in [-0.2, 0) is 11.4 Å². The average molecular weight is 444 g/mol. The summed E-state index contributed by atoms with van der Waals surface area (Å²) in [5.41, 5.74) is 5.59. The Morgan fingerprint density at radius 3 is 2.30 bits per heavy atom. The van der Waals surface area contributed by atoms with Crippen molar-refractivity contribution in [1.82, 2.24) is 9.66 Å². The van der Waals surface area contributed by atoms with Crippen molar-refractivity contribution in [3.63, 3.8) is 0 Å². The highest BCUT2D eigenvalue weighted by molar-refractivity contribution is 5.86. The van der Waals surface area contributed by atoms with Gasteiger partial charge in [0.15, 0.2) is 12.4 Å². The number of amides is 1. The fourth-order valence-corrected chi connectivity index (χ4v) is 3.57. The number of carbonyl (C=O) groups excluding carboxylic acids is 1. The number of carbonyl (C=O) groups is 1. The number of fused-ring (bicyclic) bond motifs is 1. The molecule has 0 saturated heterocycles. The van der Waals surface area contributed by atoms with E-state index < -0.39 is 5.91 Å². The van der Waals surface area contributed by atoms with E-state index in [4.69, 9.17) is 9.47 Å². The zero-order valence-electron chi connectivity index (χ0n) is 18.8. The molecule has 0 radical (unpaired) electrons. The van der Waals surface area contributed by atoms with E-state index in [0.29, 0.717) is 22.4 Å². The Morgan fingerprint density at radius 1 is 0.879 bits per heavy atom. The maximum absolute atomic E-state index is 13.2. The van der Waals surface area contributed by atoms with Gasteiger partial charge in [-0.25, -0.2) is 4.98 Å². The lowest BCUT2D eigenvalue weighted by molar-refractivity contribution is -0.119. The second-order valence-electron chi connectivity index (χ2n) is 7.78. The second kappa shape index (κ2) is 9.56. The number of hydrogen-bond acceptors (Lipinski definition) is 5. The van der Waals surface area contributed by atoms with Crippen LogP contribution in [0.15, 0.2) is 71.5 Å². The minimum Gasteiger partial charge on any atom is -0.485 e. The van der Waals surface area contributed by atoms with Gasteiger partial charge < -0.3 is 9.47 Å². The summed E-state index contributed by atoms with van der Waals surface area (Å²) in [5, 5.41) is 0.396. The number of benzene rings is 3. The molecule has 0 unspecified atom stereocenters. The summed E-state index contributed by atoms with van der Waals surface area (Å²) in [6, 6.07) is 20.3. The van der Waals surface area contributed by atoms with Gasteiger partial charge in [-0.3, -0.25) is 15.0 Å². The minimum absolute atomic E-state index is 0.00294. The molecule has 4 rings (SSSR count). The summed E-state index contributed by atoms with van der Waals surface area (Å²) in [4.78, 5) is 30.4. The number of aromatic nitrogens is 2. The van der Waals surface area contributed by atoms with E-state index in [0.717, 1.165) is 21.4 Å². The molecule has 0 fully saturated rings. The van der Waals surface area contributed by atoms with Gasteiger partial charge >= 0.3 is 0 Å². The van der Waals surface area contributed by atoms with Crippen molar-refractivity contribution in [2.24, 2.45) is 0 Å². The maximum atomic E-state index is 13.2. The molecule has 1 N–H and O–H groups in total. The monoisotopic (exact) mass is 443 g/mol. The molecule has 168 valence electrons. The number of hydrogen-bond donors (Lipinski definition) is 1. The summed E-state index contributed by atoms with van der Waals surface area (Å²) < 4.78 is 12.8. The smallest absolute Gasteiger partial charge is 0.280 e.